The van der Waals surface area contributed by atoms with Crippen molar-refractivity contribution >= 4 is 26.9 Å². The second kappa shape index (κ2) is 6.27. The molecule has 1 aromatic heterocycles. The quantitative estimate of drug-likeness (QED) is 0.846. The third kappa shape index (κ3) is 3.66. The number of rotatable bonds is 5. The number of aryl methyl sites for hydroxylation is 2. The molecule has 2 aromatic rings. The van der Waals surface area contributed by atoms with Crippen LogP contribution < -0.4 is 14.8 Å². The van der Waals surface area contributed by atoms with E-state index in [0.29, 0.717) is 5.92 Å². The minimum absolute atomic E-state index is 0.167. The molecule has 0 aliphatic carbocycles. The lowest BCUT2D eigenvalue weighted by Crippen LogP contribution is -2.50. The summed E-state index contributed by atoms with van der Waals surface area (Å²) in [4.78, 5) is 11.0. The van der Waals surface area contributed by atoms with Crippen molar-refractivity contribution in [3.8, 4) is 0 Å². The van der Waals surface area contributed by atoms with Crippen molar-refractivity contribution < 1.29 is 8.42 Å². The third-order valence-corrected chi connectivity index (χ3v) is 5.27. The zero-order valence-corrected chi connectivity index (χ0v) is 15.0. The predicted molar refractivity (Wildman–Crippen MR) is 95.0 cm³/mol. The van der Waals surface area contributed by atoms with Gasteiger partial charge in [0.1, 0.15) is 12.1 Å². The van der Waals surface area contributed by atoms with Crippen molar-refractivity contribution in [1.29, 1.82) is 0 Å². The lowest BCUT2D eigenvalue weighted by atomic mass is 9.92. The van der Waals surface area contributed by atoms with E-state index in [4.69, 9.17) is 5.14 Å². The molecule has 0 amide bonds. The van der Waals surface area contributed by atoms with E-state index in [2.05, 4.69) is 45.6 Å². The van der Waals surface area contributed by atoms with Crippen LogP contribution in [0.2, 0.25) is 0 Å². The Hall–Kier alpha value is -1.77. The number of aromatic nitrogens is 2. The molecule has 1 saturated heterocycles. The molecule has 3 N–H and O–H groups in total. The second-order valence-corrected chi connectivity index (χ2v) is 8.05. The largest absolute Gasteiger partial charge is 0.355 e. The van der Waals surface area contributed by atoms with Crippen LogP contribution in [0.5, 0.6) is 0 Å². The Bertz CT molecular complexity index is 862. The van der Waals surface area contributed by atoms with E-state index in [-0.39, 0.29) is 6.04 Å². The third-order valence-electron chi connectivity index (χ3n) is 4.54. The molecular weight excluding hydrogens is 326 g/mol. The van der Waals surface area contributed by atoms with Crippen LogP contribution in [0.4, 0.5) is 5.82 Å². The minimum atomic E-state index is -3.64. The fraction of sp³-hybridized carbons (Fsp3) is 0.500. The first-order chi connectivity index (χ1) is 11.2. The van der Waals surface area contributed by atoms with Gasteiger partial charge >= 0.3 is 0 Å². The summed E-state index contributed by atoms with van der Waals surface area (Å²) >= 11 is 0. The van der Waals surface area contributed by atoms with Crippen molar-refractivity contribution in [2.75, 3.05) is 18.0 Å². The number of nitrogens with two attached hydrogens (primary N) is 1. The molecule has 1 aromatic carbocycles. The molecule has 1 atom stereocenters. The number of benzene rings is 1. The van der Waals surface area contributed by atoms with Gasteiger partial charge in [0.2, 0.25) is 0 Å². The Labute approximate surface area is 142 Å². The molecule has 1 fully saturated rings. The molecule has 0 radical (unpaired) electrons. The molecule has 2 heterocycles. The van der Waals surface area contributed by atoms with Crippen LogP contribution >= 0.6 is 0 Å². The number of nitrogens with one attached hydrogen (secondary N) is 1. The molecule has 0 bridgehead atoms. The molecule has 24 heavy (non-hydrogen) atoms. The van der Waals surface area contributed by atoms with Gasteiger partial charge in [-0.1, -0.05) is 0 Å². The zero-order valence-electron chi connectivity index (χ0n) is 14.2. The van der Waals surface area contributed by atoms with Crippen molar-refractivity contribution in [1.82, 2.24) is 14.7 Å². The van der Waals surface area contributed by atoms with Gasteiger partial charge in [-0.2, -0.15) is 13.1 Å². The lowest BCUT2D eigenvalue weighted by molar-refractivity contribution is 0.350. The summed E-state index contributed by atoms with van der Waals surface area (Å²) in [5.41, 5.74) is 3.40. The Morgan fingerprint density at radius 3 is 2.62 bits per heavy atom. The Kier molecular flexibility index (Phi) is 4.46. The summed E-state index contributed by atoms with van der Waals surface area (Å²) in [5, 5.41) is 6.08. The number of hydrogen-bond donors (Lipinski definition) is 2. The van der Waals surface area contributed by atoms with Gasteiger partial charge in [-0.3, -0.25) is 0 Å². The molecule has 130 valence electrons. The molecule has 0 saturated carbocycles. The number of anilines is 1. The Morgan fingerprint density at radius 1 is 1.29 bits per heavy atom. The molecule has 1 unspecified atom stereocenters. The first-order valence-corrected chi connectivity index (χ1v) is 9.54. The highest BCUT2D eigenvalue weighted by Gasteiger charge is 2.30. The van der Waals surface area contributed by atoms with E-state index in [1.165, 1.54) is 11.1 Å². The predicted octanol–water partition coefficient (Wildman–Crippen LogP) is 1.25. The van der Waals surface area contributed by atoms with E-state index in [0.717, 1.165) is 36.2 Å². The lowest BCUT2D eigenvalue weighted by Gasteiger charge is -2.41. The van der Waals surface area contributed by atoms with Crippen LogP contribution in [-0.4, -0.2) is 37.5 Å². The fourth-order valence-corrected chi connectivity index (χ4v) is 3.93. The summed E-state index contributed by atoms with van der Waals surface area (Å²) in [6.07, 6.45) is 2.36. The summed E-state index contributed by atoms with van der Waals surface area (Å²) in [7, 11) is -3.64. The minimum Gasteiger partial charge on any atom is -0.355 e. The highest BCUT2D eigenvalue weighted by molar-refractivity contribution is 7.87. The summed E-state index contributed by atoms with van der Waals surface area (Å²) in [6, 6.07) is 4.06. The smallest absolute Gasteiger partial charge is 0.274 e. The van der Waals surface area contributed by atoms with E-state index >= 15 is 0 Å². The highest BCUT2D eigenvalue weighted by Crippen LogP contribution is 2.31. The molecule has 1 aliphatic rings. The Morgan fingerprint density at radius 2 is 1.96 bits per heavy atom. The van der Waals surface area contributed by atoms with E-state index < -0.39 is 10.2 Å². The monoisotopic (exact) mass is 349 g/mol. The van der Waals surface area contributed by atoms with Crippen molar-refractivity contribution in [2.24, 2.45) is 11.1 Å². The maximum Gasteiger partial charge on any atom is 0.274 e. The first-order valence-electron chi connectivity index (χ1n) is 8.00. The van der Waals surface area contributed by atoms with Crippen molar-refractivity contribution in [2.45, 2.75) is 33.2 Å². The van der Waals surface area contributed by atoms with Crippen LogP contribution in [0.15, 0.2) is 18.5 Å². The topological polar surface area (TPSA) is 101 Å². The molecule has 7 nitrogen and oxygen atoms in total. The van der Waals surface area contributed by atoms with Gasteiger partial charge in [-0.15, -0.1) is 0 Å². The van der Waals surface area contributed by atoms with Gasteiger partial charge in [0, 0.05) is 24.5 Å². The summed E-state index contributed by atoms with van der Waals surface area (Å²) in [5.74, 6) is 1.37. The number of fused-ring (bicyclic) bond motifs is 1. The Balaban J connectivity index is 1.70. The van der Waals surface area contributed by atoms with Gasteiger partial charge in [0.05, 0.1) is 5.52 Å². The highest BCUT2D eigenvalue weighted by atomic mass is 32.2. The molecule has 0 spiro atoms. The normalized spacial score (nSPS) is 17.1. The van der Waals surface area contributed by atoms with Gasteiger partial charge in [-0.25, -0.2) is 15.1 Å². The van der Waals surface area contributed by atoms with E-state index in [1.54, 1.807) is 6.33 Å². The average molecular weight is 349 g/mol. The van der Waals surface area contributed by atoms with Crippen molar-refractivity contribution in [3.05, 3.63) is 29.6 Å². The van der Waals surface area contributed by atoms with Crippen LogP contribution in [0.25, 0.3) is 10.9 Å². The zero-order chi connectivity index (χ0) is 17.5. The molecular formula is C16H23N5O2S. The number of hydrogen-bond acceptors (Lipinski definition) is 5. The first kappa shape index (κ1) is 17.1. The van der Waals surface area contributed by atoms with Crippen LogP contribution in [0.3, 0.4) is 0 Å². The van der Waals surface area contributed by atoms with Crippen LogP contribution in [0, 0.1) is 19.8 Å². The average Bonchev–Trinajstić information content (AvgIpc) is 2.41. The van der Waals surface area contributed by atoms with Crippen LogP contribution in [0.1, 0.15) is 24.5 Å². The summed E-state index contributed by atoms with van der Waals surface area (Å²) < 4.78 is 24.5. The molecule has 3 rings (SSSR count). The number of nitrogens with zero attached hydrogens (tertiary/aromatic N) is 3. The van der Waals surface area contributed by atoms with Gasteiger partial charge in [0.25, 0.3) is 10.2 Å². The van der Waals surface area contributed by atoms with Gasteiger partial charge in [-0.05, 0) is 56.4 Å². The van der Waals surface area contributed by atoms with E-state index in [1.807, 2.05) is 6.92 Å². The molecule has 1 aliphatic heterocycles. The van der Waals surface area contributed by atoms with Gasteiger partial charge < -0.3 is 4.90 Å². The van der Waals surface area contributed by atoms with Crippen molar-refractivity contribution in [3.63, 3.8) is 0 Å². The van der Waals surface area contributed by atoms with E-state index in [9.17, 15) is 8.42 Å². The second-order valence-electron chi connectivity index (χ2n) is 6.72. The maximum atomic E-state index is 11.1. The molecule has 8 heteroatoms. The SMILES string of the molecule is Cc1cc2ncnc(N3CC(CC(C)NS(N)(=O)=O)C3)c2cc1C. The standard InChI is InChI=1S/C16H23N5O2S/c1-10-4-14-15(5-11(10)2)18-9-19-16(14)21-7-13(8-21)6-12(3)20-24(17,22)23/h4-5,9,12-13,20H,6-8H2,1-3H3,(H2,17,22,23). The maximum absolute atomic E-state index is 11.1. The fourth-order valence-electron chi connectivity index (χ4n) is 3.27. The summed E-state index contributed by atoms with van der Waals surface area (Å²) in [6.45, 7) is 7.71. The van der Waals surface area contributed by atoms with Crippen LogP contribution in [-0.2, 0) is 10.2 Å². The van der Waals surface area contributed by atoms with Gasteiger partial charge in [0.15, 0.2) is 0 Å².